The Hall–Kier alpha value is -3.97. The second-order valence-corrected chi connectivity index (χ2v) is 15.9. The van der Waals surface area contributed by atoms with Gasteiger partial charge in [-0.2, -0.15) is 5.10 Å². The van der Waals surface area contributed by atoms with Crippen molar-refractivity contribution in [1.29, 1.82) is 0 Å². The number of cyclic esters (lactones) is 1. The van der Waals surface area contributed by atoms with E-state index in [4.69, 9.17) is 13.7 Å². The summed E-state index contributed by atoms with van der Waals surface area (Å²) in [6.45, 7) is 11.0. The van der Waals surface area contributed by atoms with Crippen LogP contribution in [0.5, 0.6) is 0 Å². The first-order valence-electron chi connectivity index (χ1n) is 12.8. The first kappa shape index (κ1) is 27.6. The number of aromatic nitrogens is 5. The van der Waals surface area contributed by atoms with Crippen LogP contribution in [0.15, 0.2) is 53.4 Å². The third kappa shape index (κ3) is 5.52. The maximum absolute atomic E-state index is 14.9. The summed E-state index contributed by atoms with van der Waals surface area (Å²) < 4.78 is 47.5. The lowest BCUT2D eigenvalue weighted by atomic mass is 10.2. The fourth-order valence-corrected chi connectivity index (χ4v) is 4.99. The zero-order chi connectivity index (χ0) is 28.7. The summed E-state index contributed by atoms with van der Waals surface area (Å²) in [7, 11) is -2.07. The van der Waals surface area contributed by atoms with Crippen molar-refractivity contribution < 1.29 is 27.3 Å². The molecule has 0 saturated carbocycles. The molecule has 1 aliphatic heterocycles. The number of ether oxygens (including phenoxy) is 1. The van der Waals surface area contributed by atoms with Gasteiger partial charge in [0.2, 0.25) is 0 Å². The van der Waals surface area contributed by atoms with E-state index < -0.39 is 26.3 Å². The van der Waals surface area contributed by atoms with E-state index in [1.165, 1.54) is 17.0 Å². The Bertz CT molecular complexity index is 1520. The van der Waals surface area contributed by atoms with E-state index in [1.807, 2.05) is 0 Å². The quantitative estimate of drug-likeness (QED) is 0.250. The van der Waals surface area contributed by atoms with Gasteiger partial charge in [0.15, 0.2) is 25.8 Å². The topological polar surface area (TPSA) is 108 Å². The van der Waals surface area contributed by atoms with Crippen molar-refractivity contribution in [3.63, 3.8) is 0 Å². The van der Waals surface area contributed by atoms with Gasteiger partial charge in [0.25, 0.3) is 0 Å². The molecule has 1 unspecified atom stereocenters. The lowest BCUT2D eigenvalue weighted by molar-refractivity contribution is 0.0996. The molecule has 1 saturated heterocycles. The van der Waals surface area contributed by atoms with Crippen LogP contribution in [0.4, 0.5) is 19.4 Å². The van der Waals surface area contributed by atoms with Crippen LogP contribution in [-0.2, 0) is 15.7 Å². The number of hydrogen-bond acceptors (Lipinski definition) is 8. The molecule has 0 aliphatic carbocycles. The van der Waals surface area contributed by atoms with Crippen LogP contribution in [0, 0.1) is 11.6 Å². The Labute approximate surface area is 231 Å². The molecule has 1 fully saturated rings. The monoisotopic (exact) mass is 568 g/mol. The first-order chi connectivity index (χ1) is 18.9. The van der Waals surface area contributed by atoms with Crippen molar-refractivity contribution in [2.45, 2.75) is 51.6 Å². The van der Waals surface area contributed by atoms with Gasteiger partial charge in [-0.15, -0.1) is 0 Å². The Morgan fingerprint density at radius 1 is 1.12 bits per heavy atom. The number of rotatable bonds is 8. The molecule has 4 aromatic rings. The number of carbonyl (C=O) groups is 1. The van der Waals surface area contributed by atoms with Crippen molar-refractivity contribution >= 4 is 20.2 Å². The molecule has 3 aromatic heterocycles. The minimum Gasteiger partial charge on any atom is -0.441 e. The van der Waals surface area contributed by atoms with Crippen LogP contribution >= 0.6 is 0 Å². The molecular formula is C27H30F2N6O4Si. The Morgan fingerprint density at radius 3 is 2.60 bits per heavy atom. The average molecular weight is 569 g/mol. The van der Waals surface area contributed by atoms with E-state index in [1.54, 1.807) is 30.3 Å². The van der Waals surface area contributed by atoms with Gasteiger partial charge in [-0.3, -0.25) is 9.58 Å². The highest BCUT2D eigenvalue weighted by Gasteiger charge is 2.41. The van der Waals surface area contributed by atoms with Crippen molar-refractivity contribution in [2.24, 2.45) is 0 Å². The lowest BCUT2D eigenvalue weighted by Gasteiger charge is -2.36. The maximum Gasteiger partial charge on any atom is 0.416 e. The molecule has 40 heavy (non-hydrogen) atoms. The summed E-state index contributed by atoms with van der Waals surface area (Å²) in [5.74, 6) is -1.32. The van der Waals surface area contributed by atoms with Gasteiger partial charge in [-0.05, 0) is 30.3 Å². The second kappa shape index (κ2) is 10.5. The molecule has 0 N–H and O–H groups in total. The van der Waals surface area contributed by atoms with Crippen molar-refractivity contribution in [3.8, 4) is 22.9 Å². The molecule has 0 bridgehead atoms. The highest BCUT2D eigenvalue weighted by molar-refractivity contribution is 6.74. The van der Waals surface area contributed by atoms with Crippen molar-refractivity contribution in [1.82, 2.24) is 24.9 Å². The molecule has 1 atom stereocenters. The summed E-state index contributed by atoms with van der Waals surface area (Å²) in [6.07, 6.45) is 1.10. The van der Waals surface area contributed by atoms with Crippen LogP contribution in [-0.4, -0.2) is 58.6 Å². The first-order valence-corrected chi connectivity index (χ1v) is 15.7. The van der Waals surface area contributed by atoms with E-state index in [0.29, 0.717) is 17.0 Å². The lowest BCUT2D eigenvalue weighted by Crippen LogP contribution is -2.43. The molecule has 0 spiro atoms. The minimum absolute atomic E-state index is 0.0104. The van der Waals surface area contributed by atoms with Crippen LogP contribution in [0.25, 0.3) is 22.9 Å². The number of halogens is 2. The largest absolute Gasteiger partial charge is 0.441 e. The van der Waals surface area contributed by atoms with Crippen LogP contribution in [0.1, 0.15) is 26.3 Å². The van der Waals surface area contributed by atoms with Gasteiger partial charge in [0, 0.05) is 11.6 Å². The van der Waals surface area contributed by atoms with Crippen molar-refractivity contribution in [2.75, 3.05) is 18.1 Å². The maximum atomic E-state index is 14.9. The fraction of sp³-hybridized carbons (Fsp3) is 0.370. The minimum atomic E-state index is -2.07. The highest BCUT2D eigenvalue weighted by atomic mass is 28.4. The summed E-state index contributed by atoms with van der Waals surface area (Å²) in [6, 6.07) is 9.64. The molecule has 210 valence electrons. The molecule has 0 radical (unpaired) electrons. The Morgan fingerprint density at radius 2 is 1.90 bits per heavy atom. The van der Waals surface area contributed by atoms with Gasteiger partial charge in [0.05, 0.1) is 31.6 Å². The SMILES string of the molecule is CC(C)(C)[Si](C)(C)OCC1CN(c2nc(-c3cc(-c4ccon4)n(Cc4ccccc4F)n3)ncc2F)C(=O)O1. The molecular weight excluding hydrogens is 538 g/mol. The summed E-state index contributed by atoms with van der Waals surface area (Å²) in [4.78, 5) is 22.3. The number of carbonyl (C=O) groups excluding carboxylic acids is 1. The van der Waals surface area contributed by atoms with E-state index >= 15 is 0 Å². The summed E-state index contributed by atoms with van der Waals surface area (Å²) in [5, 5.41) is 8.52. The van der Waals surface area contributed by atoms with Crippen LogP contribution < -0.4 is 4.90 Å². The Balaban J connectivity index is 1.42. The molecule has 1 aromatic carbocycles. The average Bonchev–Trinajstić information content (AvgIpc) is 3.64. The zero-order valence-corrected chi connectivity index (χ0v) is 23.9. The van der Waals surface area contributed by atoms with Gasteiger partial charge in [0.1, 0.15) is 29.6 Å². The number of nitrogens with zero attached hydrogens (tertiary/aromatic N) is 6. The predicted molar refractivity (Wildman–Crippen MR) is 145 cm³/mol. The highest BCUT2D eigenvalue weighted by Crippen LogP contribution is 2.37. The number of hydrogen-bond donors (Lipinski definition) is 0. The number of amides is 1. The van der Waals surface area contributed by atoms with Crippen LogP contribution in [0.3, 0.4) is 0 Å². The van der Waals surface area contributed by atoms with Crippen molar-refractivity contribution in [3.05, 3.63) is 66.1 Å². The molecule has 5 rings (SSSR count). The summed E-state index contributed by atoms with van der Waals surface area (Å²) >= 11 is 0. The van der Waals surface area contributed by atoms with E-state index in [9.17, 15) is 13.6 Å². The third-order valence-electron chi connectivity index (χ3n) is 7.28. The third-order valence-corrected chi connectivity index (χ3v) is 11.8. The van der Waals surface area contributed by atoms with Gasteiger partial charge in [-0.25, -0.2) is 23.5 Å². The van der Waals surface area contributed by atoms with Gasteiger partial charge >= 0.3 is 6.09 Å². The van der Waals surface area contributed by atoms with E-state index in [2.05, 4.69) is 54.1 Å². The smallest absolute Gasteiger partial charge is 0.416 e. The molecule has 1 aliphatic rings. The molecule has 1 amide bonds. The van der Waals surface area contributed by atoms with Gasteiger partial charge < -0.3 is 13.7 Å². The normalized spacial score (nSPS) is 16.0. The molecule has 13 heteroatoms. The van der Waals surface area contributed by atoms with Gasteiger partial charge in [-0.1, -0.05) is 44.1 Å². The zero-order valence-electron chi connectivity index (χ0n) is 22.9. The number of anilines is 1. The standard InChI is InChI=1S/C27H30F2N6O4Si/c1-27(2,3)40(4,5)38-16-18-15-34(26(36)39-18)25-20(29)13-30-24(31-25)22-12-23(21-10-11-37-33-21)35(32-22)14-17-8-6-7-9-19(17)28/h6-13,18H,14-16H2,1-5H3. The van der Waals surface area contributed by atoms with Crippen LogP contribution in [0.2, 0.25) is 18.1 Å². The summed E-state index contributed by atoms with van der Waals surface area (Å²) in [5.41, 5.74) is 1.67. The second-order valence-electron chi connectivity index (χ2n) is 11.1. The van der Waals surface area contributed by atoms with E-state index in [-0.39, 0.29) is 47.9 Å². The predicted octanol–water partition coefficient (Wildman–Crippen LogP) is 5.67. The Kier molecular flexibility index (Phi) is 7.27. The molecule has 4 heterocycles. The van der Waals surface area contributed by atoms with E-state index in [0.717, 1.165) is 11.1 Å². The fourth-order valence-electron chi connectivity index (χ4n) is 3.96. The molecule has 10 nitrogen and oxygen atoms in total. The number of benzene rings is 1.